The van der Waals surface area contributed by atoms with E-state index in [-0.39, 0.29) is 36.1 Å². The molecule has 2 aliphatic rings. The van der Waals surface area contributed by atoms with Crippen molar-refractivity contribution in [2.75, 3.05) is 13.1 Å². The lowest BCUT2D eigenvalue weighted by molar-refractivity contribution is -0.137. The van der Waals surface area contributed by atoms with Crippen LogP contribution in [0.25, 0.3) is 0 Å². The number of hydrogen-bond acceptors (Lipinski definition) is 4. The zero-order valence-electron chi connectivity index (χ0n) is 21.8. The summed E-state index contributed by atoms with van der Waals surface area (Å²) >= 11 is 0. The minimum atomic E-state index is -0.213. The van der Waals surface area contributed by atoms with E-state index in [1.54, 1.807) is 12.1 Å². The van der Waals surface area contributed by atoms with Gasteiger partial charge in [0.05, 0.1) is 6.04 Å². The summed E-state index contributed by atoms with van der Waals surface area (Å²) in [5.74, 6) is 1.81. The number of hydrogen-bond donors (Lipinski definition) is 1. The largest absolute Gasteiger partial charge is 0.486 e. The number of ether oxygens (including phenoxy) is 1. The summed E-state index contributed by atoms with van der Waals surface area (Å²) in [6.45, 7) is 5.66. The van der Waals surface area contributed by atoms with E-state index >= 15 is 0 Å². The molecular weight excluding hydrogens is 464 g/mol. The first kappa shape index (κ1) is 25.1. The Balaban J connectivity index is 1.38. The Labute approximate surface area is 219 Å². The number of carbonyl (C=O) groups is 2. The highest BCUT2D eigenvalue weighted by Gasteiger charge is 2.36. The van der Waals surface area contributed by atoms with E-state index in [2.05, 4.69) is 53.5 Å². The van der Waals surface area contributed by atoms with E-state index in [0.29, 0.717) is 12.3 Å². The topological polar surface area (TPSA) is 71.8 Å². The number of fused-ring (bicyclic) bond motifs is 1. The molecule has 1 saturated carbocycles. The smallest absolute Gasteiger partial charge is 0.286 e. The number of furan rings is 1. The molecule has 1 atom stereocenters. The van der Waals surface area contributed by atoms with Gasteiger partial charge in [-0.2, -0.15) is 0 Å². The zero-order chi connectivity index (χ0) is 25.8. The summed E-state index contributed by atoms with van der Waals surface area (Å²) in [6.07, 6.45) is 5.98. The molecule has 37 heavy (non-hydrogen) atoms. The maximum atomic E-state index is 13.6. The van der Waals surface area contributed by atoms with Crippen LogP contribution in [0.1, 0.15) is 83.6 Å². The Morgan fingerprint density at radius 2 is 1.84 bits per heavy atom. The Hall–Kier alpha value is -3.54. The van der Waals surface area contributed by atoms with Crippen molar-refractivity contribution in [2.24, 2.45) is 5.92 Å². The molecule has 2 aromatic carbocycles. The summed E-state index contributed by atoms with van der Waals surface area (Å²) in [4.78, 5) is 27.9. The van der Waals surface area contributed by atoms with Gasteiger partial charge in [0.25, 0.3) is 5.91 Å². The average Bonchev–Trinajstić information content (AvgIpc) is 3.63. The summed E-state index contributed by atoms with van der Waals surface area (Å²) < 4.78 is 11.8. The van der Waals surface area contributed by atoms with Crippen molar-refractivity contribution in [3.8, 4) is 5.75 Å². The van der Waals surface area contributed by atoms with Crippen LogP contribution < -0.4 is 10.1 Å². The predicted octanol–water partition coefficient (Wildman–Crippen LogP) is 5.97. The van der Waals surface area contributed by atoms with Crippen molar-refractivity contribution in [3.05, 3.63) is 88.4 Å². The quantitative estimate of drug-likeness (QED) is 0.414. The number of amides is 2. The first-order valence-electron chi connectivity index (χ1n) is 13.5. The van der Waals surface area contributed by atoms with Gasteiger partial charge in [-0.15, -0.1) is 0 Å². The van der Waals surface area contributed by atoms with Crippen LogP contribution in [-0.2, 0) is 17.8 Å². The molecule has 6 nitrogen and oxygen atoms in total. The molecule has 2 amide bonds. The molecule has 0 bridgehead atoms. The Bertz CT molecular complexity index is 1240. The number of rotatable bonds is 8. The molecule has 1 aromatic heterocycles. The molecule has 1 aliphatic carbocycles. The predicted molar refractivity (Wildman–Crippen MR) is 143 cm³/mol. The van der Waals surface area contributed by atoms with Gasteiger partial charge in [0.1, 0.15) is 18.1 Å². The van der Waals surface area contributed by atoms with Crippen molar-refractivity contribution < 1.29 is 18.7 Å². The van der Waals surface area contributed by atoms with Crippen molar-refractivity contribution in [1.82, 2.24) is 10.2 Å². The highest BCUT2D eigenvalue weighted by atomic mass is 16.5. The molecule has 194 valence electrons. The van der Waals surface area contributed by atoms with Gasteiger partial charge in [-0.1, -0.05) is 55.7 Å². The molecule has 6 heteroatoms. The molecule has 1 fully saturated rings. The van der Waals surface area contributed by atoms with E-state index in [4.69, 9.17) is 9.15 Å². The van der Waals surface area contributed by atoms with Gasteiger partial charge in [-0.25, -0.2) is 0 Å². The highest BCUT2D eigenvalue weighted by Crippen LogP contribution is 2.40. The third-order valence-electron chi connectivity index (χ3n) is 7.53. The van der Waals surface area contributed by atoms with Gasteiger partial charge in [0.2, 0.25) is 5.91 Å². The van der Waals surface area contributed by atoms with E-state index in [1.807, 2.05) is 13.0 Å². The molecular formula is C31H36N2O4. The second-order valence-electron chi connectivity index (χ2n) is 10.2. The number of benzene rings is 2. The van der Waals surface area contributed by atoms with Gasteiger partial charge in [0, 0.05) is 19.0 Å². The second kappa shape index (κ2) is 11.2. The fraction of sp³-hybridized carbons (Fsp3) is 0.419. The third-order valence-corrected chi connectivity index (χ3v) is 7.53. The molecule has 0 spiro atoms. The number of carbonyl (C=O) groups excluding carboxylic acids is 2. The fourth-order valence-electron chi connectivity index (χ4n) is 5.49. The van der Waals surface area contributed by atoms with E-state index < -0.39 is 0 Å². The standard InChI is InChI=1S/C31H36N2O4/c1-3-17-32-30(34)28-15-14-26(37-28)20-36-25-13-12-22-16-18-33(31(35)24-6-4-5-7-24)29(27(22)19-25)23-10-8-21(2)9-11-23/h8-15,19,24,29H,3-7,16-18,20H2,1-2H3,(H,32,34). The summed E-state index contributed by atoms with van der Waals surface area (Å²) in [7, 11) is 0. The summed E-state index contributed by atoms with van der Waals surface area (Å²) in [6, 6.07) is 18.0. The van der Waals surface area contributed by atoms with Crippen LogP contribution in [0.4, 0.5) is 0 Å². The van der Waals surface area contributed by atoms with Crippen LogP contribution >= 0.6 is 0 Å². The molecule has 2 heterocycles. The molecule has 3 aromatic rings. The van der Waals surface area contributed by atoms with E-state index in [1.165, 1.54) is 11.1 Å². The molecule has 1 aliphatic heterocycles. The molecule has 5 rings (SSSR count). The minimum Gasteiger partial charge on any atom is -0.486 e. The zero-order valence-corrected chi connectivity index (χ0v) is 21.8. The van der Waals surface area contributed by atoms with Gasteiger partial charge in [0.15, 0.2) is 5.76 Å². The number of nitrogens with one attached hydrogen (secondary N) is 1. The van der Waals surface area contributed by atoms with Crippen LogP contribution in [0.2, 0.25) is 0 Å². The third kappa shape index (κ3) is 5.58. The summed E-state index contributed by atoms with van der Waals surface area (Å²) in [5.41, 5.74) is 4.70. The van der Waals surface area contributed by atoms with Crippen LogP contribution in [-0.4, -0.2) is 29.8 Å². The maximum Gasteiger partial charge on any atom is 0.286 e. The van der Waals surface area contributed by atoms with Crippen LogP contribution in [0, 0.1) is 12.8 Å². The van der Waals surface area contributed by atoms with Crippen LogP contribution in [0.5, 0.6) is 5.75 Å². The highest BCUT2D eigenvalue weighted by molar-refractivity contribution is 5.91. The van der Waals surface area contributed by atoms with E-state index in [0.717, 1.165) is 61.9 Å². The Kier molecular flexibility index (Phi) is 7.63. The van der Waals surface area contributed by atoms with Gasteiger partial charge >= 0.3 is 0 Å². The first-order chi connectivity index (χ1) is 18.0. The summed E-state index contributed by atoms with van der Waals surface area (Å²) in [5, 5.41) is 2.82. The minimum absolute atomic E-state index is 0.126. The van der Waals surface area contributed by atoms with Crippen molar-refractivity contribution >= 4 is 11.8 Å². The van der Waals surface area contributed by atoms with Crippen molar-refractivity contribution in [1.29, 1.82) is 0 Å². The van der Waals surface area contributed by atoms with Crippen molar-refractivity contribution in [3.63, 3.8) is 0 Å². The molecule has 1 N–H and O–H groups in total. The number of nitrogens with zero attached hydrogens (tertiary/aromatic N) is 1. The molecule has 1 unspecified atom stereocenters. The molecule has 0 saturated heterocycles. The SMILES string of the molecule is CCCNC(=O)c1ccc(COc2ccc3c(c2)C(c2ccc(C)cc2)N(C(=O)C2CCCC2)CC3)o1. The van der Waals surface area contributed by atoms with Crippen LogP contribution in [0.3, 0.4) is 0 Å². The van der Waals surface area contributed by atoms with Crippen molar-refractivity contribution in [2.45, 2.75) is 65.0 Å². The maximum absolute atomic E-state index is 13.6. The first-order valence-corrected chi connectivity index (χ1v) is 13.5. The average molecular weight is 501 g/mol. The van der Waals surface area contributed by atoms with Gasteiger partial charge in [-0.3, -0.25) is 9.59 Å². The fourth-order valence-corrected chi connectivity index (χ4v) is 5.49. The van der Waals surface area contributed by atoms with Crippen LogP contribution in [0.15, 0.2) is 59.0 Å². The van der Waals surface area contributed by atoms with E-state index in [9.17, 15) is 9.59 Å². The lowest BCUT2D eigenvalue weighted by atomic mass is 9.86. The lowest BCUT2D eigenvalue weighted by Crippen LogP contribution is -2.43. The van der Waals surface area contributed by atoms with Gasteiger partial charge < -0.3 is 19.4 Å². The van der Waals surface area contributed by atoms with Gasteiger partial charge in [-0.05, 0) is 73.6 Å². The number of aryl methyl sites for hydroxylation is 1. The normalized spacial score (nSPS) is 17.5. The Morgan fingerprint density at radius 3 is 2.59 bits per heavy atom. The molecule has 0 radical (unpaired) electrons. The second-order valence-corrected chi connectivity index (χ2v) is 10.2. The Morgan fingerprint density at radius 1 is 1.05 bits per heavy atom. The monoisotopic (exact) mass is 500 g/mol. The lowest BCUT2D eigenvalue weighted by Gasteiger charge is -2.39.